The molecule has 1 N–H and O–H groups in total. The number of amides is 1. The number of rotatable bonds is 2. The van der Waals surface area contributed by atoms with Crippen LogP contribution < -0.4 is 5.56 Å². The maximum absolute atomic E-state index is 12.7. The van der Waals surface area contributed by atoms with E-state index in [-0.39, 0.29) is 16.9 Å². The van der Waals surface area contributed by atoms with E-state index < -0.39 is 0 Å². The van der Waals surface area contributed by atoms with Gasteiger partial charge in [0.05, 0.1) is 5.69 Å². The van der Waals surface area contributed by atoms with Gasteiger partial charge < -0.3 is 9.88 Å². The van der Waals surface area contributed by atoms with Crippen molar-refractivity contribution in [2.24, 2.45) is 5.92 Å². The molecule has 0 unspecified atom stereocenters. The third-order valence-electron chi connectivity index (χ3n) is 6.91. The first-order chi connectivity index (χ1) is 13.2. The van der Waals surface area contributed by atoms with E-state index in [9.17, 15) is 9.59 Å². The molecule has 0 atom stereocenters. The minimum absolute atomic E-state index is 0.00343. The first kappa shape index (κ1) is 16.7. The first-order valence-corrected chi connectivity index (χ1v) is 10.1. The lowest BCUT2D eigenvalue weighted by Crippen LogP contribution is -2.47. The molecule has 2 fully saturated rings. The van der Waals surface area contributed by atoms with Gasteiger partial charge in [0.2, 0.25) is 5.91 Å². The molecule has 0 radical (unpaired) electrons. The number of nitrogens with zero attached hydrogens (tertiary/aromatic N) is 2. The molecule has 2 heterocycles. The lowest BCUT2D eigenvalue weighted by molar-refractivity contribution is -0.139. The molecule has 1 saturated heterocycles. The van der Waals surface area contributed by atoms with Gasteiger partial charge in [-0.1, -0.05) is 36.8 Å². The van der Waals surface area contributed by atoms with Crippen molar-refractivity contribution in [3.8, 4) is 11.4 Å². The molecule has 1 aromatic carbocycles. The van der Waals surface area contributed by atoms with Gasteiger partial charge in [-0.2, -0.15) is 0 Å². The Morgan fingerprint density at radius 2 is 1.85 bits per heavy atom. The number of fused-ring (bicyclic) bond motifs is 2. The second-order valence-electron chi connectivity index (χ2n) is 8.34. The summed E-state index contributed by atoms with van der Waals surface area (Å²) >= 11 is 0. The summed E-state index contributed by atoms with van der Waals surface area (Å²) in [6, 6.07) is 9.84. The van der Waals surface area contributed by atoms with Crippen molar-refractivity contribution in [3.63, 3.8) is 0 Å². The Bertz CT molecular complexity index is 922. The van der Waals surface area contributed by atoms with Crippen molar-refractivity contribution in [2.45, 2.75) is 50.4 Å². The van der Waals surface area contributed by atoms with Crippen LogP contribution in [0.5, 0.6) is 0 Å². The zero-order valence-electron chi connectivity index (χ0n) is 15.5. The topological polar surface area (TPSA) is 66.1 Å². The van der Waals surface area contributed by atoms with Crippen LogP contribution in [0.2, 0.25) is 0 Å². The van der Waals surface area contributed by atoms with Crippen molar-refractivity contribution < 1.29 is 4.79 Å². The van der Waals surface area contributed by atoms with Gasteiger partial charge in [-0.3, -0.25) is 9.59 Å². The standard InChI is InChI=1S/C22H25N3O2/c26-20-17-9-10-22(11-13-25(14-12-22)21(27)16-7-4-8-16)18(17)23-19(24-20)15-5-2-1-3-6-15/h1-3,5-6,16H,4,7-14H2,(H,23,24,26). The van der Waals surface area contributed by atoms with Gasteiger partial charge in [-0.15, -0.1) is 0 Å². The molecule has 2 aromatic rings. The van der Waals surface area contributed by atoms with Crippen LogP contribution in [0.25, 0.3) is 11.4 Å². The maximum atomic E-state index is 12.7. The van der Waals surface area contributed by atoms with E-state index in [4.69, 9.17) is 4.98 Å². The summed E-state index contributed by atoms with van der Waals surface area (Å²) in [7, 11) is 0. The van der Waals surface area contributed by atoms with Gasteiger partial charge in [0.1, 0.15) is 5.82 Å². The fourth-order valence-electron chi connectivity index (χ4n) is 4.94. The highest BCUT2D eigenvalue weighted by molar-refractivity contribution is 5.79. The van der Waals surface area contributed by atoms with Gasteiger partial charge in [-0.05, 0) is 38.5 Å². The van der Waals surface area contributed by atoms with Gasteiger partial charge in [-0.25, -0.2) is 4.98 Å². The molecular weight excluding hydrogens is 338 g/mol. The molecule has 5 rings (SSSR count). The van der Waals surface area contributed by atoms with Crippen LogP contribution in [0.1, 0.15) is 49.8 Å². The second-order valence-corrected chi connectivity index (χ2v) is 8.34. The van der Waals surface area contributed by atoms with Gasteiger partial charge >= 0.3 is 0 Å². The van der Waals surface area contributed by atoms with E-state index in [0.717, 1.165) is 68.4 Å². The highest BCUT2D eigenvalue weighted by Crippen LogP contribution is 2.45. The number of nitrogens with one attached hydrogen (secondary N) is 1. The lowest BCUT2D eigenvalue weighted by Gasteiger charge is -2.41. The Labute approximate surface area is 158 Å². The molecule has 0 bridgehead atoms. The van der Waals surface area contributed by atoms with Crippen molar-refractivity contribution in [2.75, 3.05) is 13.1 Å². The summed E-state index contributed by atoms with van der Waals surface area (Å²) in [5.74, 6) is 1.27. The fourth-order valence-corrected chi connectivity index (χ4v) is 4.94. The van der Waals surface area contributed by atoms with E-state index >= 15 is 0 Å². The van der Waals surface area contributed by atoms with Crippen molar-refractivity contribution in [1.29, 1.82) is 0 Å². The van der Waals surface area contributed by atoms with Crippen LogP contribution in [0.3, 0.4) is 0 Å². The molecule has 1 saturated carbocycles. The Hall–Kier alpha value is -2.43. The van der Waals surface area contributed by atoms with E-state index in [1.165, 1.54) is 6.42 Å². The fraction of sp³-hybridized carbons (Fsp3) is 0.500. The van der Waals surface area contributed by atoms with Crippen molar-refractivity contribution in [1.82, 2.24) is 14.9 Å². The zero-order valence-corrected chi connectivity index (χ0v) is 15.5. The minimum Gasteiger partial charge on any atom is -0.342 e. The van der Waals surface area contributed by atoms with E-state index in [1.807, 2.05) is 30.3 Å². The van der Waals surface area contributed by atoms with Crippen LogP contribution in [-0.2, 0) is 16.6 Å². The molecule has 27 heavy (non-hydrogen) atoms. The van der Waals surface area contributed by atoms with E-state index in [2.05, 4.69) is 9.88 Å². The third kappa shape index (κ3) is 2.71. The molecule has 1 amide bonds. The van der Waals surface area contributed by atoms with Crippen LogP contribution in [0.4, 0.5) is 0 Å². The first-order valence-electron chi connectivity index (χ1n) is 10.1. The Kier molecular flexibility index (Phi) is 3.92. The Morgan fingerprint density at radius 1 is 1.11 bits per heavy atom. The lowest BCUT2D eigenvalue weighted by atomic mass is 9.75. The maximum Gasteiger partial charge on any atom is 0.254 e. The van der Waals surface area contributed by atoms with Crippen molar-refractivity contribution in [3.05, 3.63) is 51.9 Å². The summed E-state index contributed by atoms with van der Waals surface area (Å²) < 4.78 is 0. The largest absolute Gasteiger partial charge is 0.342 e. The number of H-pyrrole nitrogens is 1. The average molecular weight is 363 g/mol. The predicted octanol–water partition coefficient (Wildman–Crippen LogP) is 3.04. The Morgan fingerprint density at radius 3 is 2.52 bits per heavy atom. The van der Waals surface area contributed by atoms with Crippen LogP contribution in [-0.4, -0.2) is 33.9 Å². The molecule has 5 heteroatoms. The van der Waals surface area contributed by atoms with Gasteiger partial charge in [0.25, 0.3) is 5.56 Å². The summed E-state index contributed by atoms with van der Waals surface area (Å²) in [6.45, 7) is 1.59. The van der Waals surface area contributed by atoms with E-state index in [0.29, 0.717) is 11.7 Å². The number of aromatic nitrogens is 2. The Balaban J connectivity index is 1.43. The van der Waals surface area contributed by atoms with Crippen molar-refractivity contribution >= 4 is 5.91 Å². The minimum atomic E-state index is -0.0382. The number of carbonyl (C=O) groups excluding carboxylic acids is 1. The highest BCUT2D eigenvalue weighted by Gasteiger charge is 2.45. The molecule has 140 valence electrons. The average Bonchev–Trinajstić information content (AvgIpc) is 3.00. The summed E-state index contributed by atoms with van der Waals surface area (Å²) in [5.41, 5.74) is 2.75. The summed E-state index contributed by atoms with van der Waals surface area (Å²) in [6.07, 6.45) is 6.91. The number of carbonyl (C=O) groups is 1. The molecular formula is C22H25N3O2. The van der Waals surface area contributed by atoms with Gasteiger partial charge in [0, 0.05) is 35.5 Å². The number of piperidine rings is 1. The smallest absolute Gasteiger partial charge is 0.254 e. The zero-order chi connectivity index (χ0) is 18.4. The van der Waals surface area contributed by atoms with Crippen LogP contribution in [0.15, 0.2) is 35.1 Å². The number of hydrogen-bond donors (Lipinski definition) is 1. The van der Waals surface area contributed by atoms with E-state index in [1.54, 1.807) is 0 Å². The molecule has 1 spiro atoms. The summed E-state index contributed by atoms with van der Waals surface area (Å²) in [5, 5.41) is 0. The monoisotopic (exact) mass is 363 g/mol. The molecule has 1 aromatic heterocycles. The second kappa shape index (κ2) is 6.32. The van der Waals surface area contributed by atoms with Crippen LogP contribution in [0, 0.1) is 5.92 Å². The van der Waals surface area contributed by atoms with Gasteiger partial charge in [0.15, 0.2) is 0 Å². The number of aromatic amines is 1. The number of likely N-dealkylation sites (tertiary alicyclic amines) is 1. The third-order valence-corrected chi connectivity index (χ3v) is 6.91. The molecule has 2 aliphatic carbocycles. The normalized spacial score (nSPS) is 21.1. The number of hydrogen-bond acceptors (Lipinski definition) is 3. The number of benzene rings is 1. The molecule has 3 aliphatic rings. The van der Waals surface area contributed by atoms with Crippen LogP contribution >= 0.6 is 0 Å². The SMILES string of the molecule is O=C(C1CCC1)N1CCC2(CCc3c2nc(-c2ccccc2)[nH]c3=O)CC1. The predicted molar refractivity (Wildman–Crippen MR) is 103 cm³/mol. The summed E-state index contributed by atoms with van der Waals surface area (Å²) in [4.78, 5) is 35.2. The highest BCUT2D eigenvalue weighted by atomic mass is 16.2. The quantitative estimate of drug-likeness (QED) is 0.892. The molecule has 5 nitrogen and oxygen atoms in total. The molecule has 1 aliphatic heterocycles.